The van der Waals surface area contributed by atoms with E-state index in [1.165, 1.54) is 0 Å². The van der Waals surface area contributed by atoms with Crippen molar-refractivity contribution in [2.75, 3.05) is 6.61 Å². The molecule has 0 radical (unpaired) electrons. The van der Waals surface area contributed by atoms with Crippen molar-refractivity contribution in [3.63, 3.8) is 0 Å². The zero-order chi connectivity index (χ0) is 13.9. The summed E-state index contributed by atoms with van der Waals surface area (Å²) in [5, 5.41) is 27.9. The topological polar surface area (TPSA) is 101 Å². The number of nitrogens with zero attached hydrogens (tertiary/aromatic N) is 1. The molecule has 0 amide bonds. The Hall–Kier alpha value is -1.67. The number of rotatable bonds is 5. The lowest BCUT2D eigenvalue weighted by Crippen LogP contribution is -2.06. The highest BCUT2D eigenvalue weighted by Gasteiger charge is 2.24. The average Bonchev–Trinajstić information content (AvgIpc) is 2.30. The smallest absolute Gasteiger partial charge is 0.342 e. The van der Waals surface area contributed by atoms with Gasteiger partial charge in [0.1, 0.15) is 11.4 Å². The zero-order valence-corrected chi connectivity index (χ0v) is 10.1. The quantitative estimate of drug-likeness (QED) is 0.483. The number of carboxylic acids is 1. The molecule has 0 saturated heterocycles. The fourth-order valence-corrected chi connectivity index (χ4v) is 2.08. The number of aliphatic hydroxyl groups is 1. The lowest BCUT2D eigenvalue weighted by molar-refractivity contribution is -0.385. The van der Waals surface area contributed by atoms with Crippen molar-refractivity contribution in [2.45, 2.75) is 17.1 Å². The molecule has 0 spiro atoms. The third kappa shape index (κ3) is 3.17. The van der Waals surface area contributed by atoms with Crippen LogP contribution in [0.2, 0.25) is 0 Å². The van der Waals surface area contributed by atoms with E-state index < -0.39 is 28.0 Å². The van der Waals surface area contributed by atoms with E-state index in [1.54, 1.807) is 6.92 Å². The van der Waals surface area contributed by atoms with Crippen LogP contribution < -0.4 is 0 Å². The second-order valence-electron chi connectivity index (χ2n) is 3.47. The molecular weight excluding hydrogens is 265 g/mol. The lowest BCUT2D eigenvalue weighted by atomic mass is 10.2. The second-order valence-corrected chi connectivity index (χ2v) is 4.95. The highest BCUT2D eigenvalue weighted by atomic mass is 32.2. The zero-order valence-electron chi connectivity index (χ0n) is 9.29. The maximum absolute atomic E-state index is 13.6. The Morgan fingerprint density at radius 2 is 2.22 bits per heavy atom. The minimum Gasteiger partial charge on any atom is -0.477 e. The van der Waals surface area contributed by atoms with Gasteiger partial charge < -0.3 is 10.2 Å². The molecule has 6 nitrogen and oxygen atoms in total. The molecule has 1 atom stereocenters. The number of aromatic carboxylic acids is 1. The maximum Gasteiger partial charge on any atom is 0.342 e. The molecule has 0 aromatic heterocycles. The maximum atomic E-state index is 13.6. The molecule has 0 aliphatic heterocycles. The molecule has 1 rings (SSSR count). The van der Waals surface area contributed by atoms with Crippen molar-refractivity contribution >= 4 is 23.4 Å². The van der Waals surface area contributed by atoms with Gasteiger partial charge in [0.05, 0.1) is 17.6 Å². The first kappa shape index (κ1) is 14.4. The van der Waals surface area contributed by atoms with Crippen molar-refractivity contribution in [3.8, 4) is 0 Å². The molecule has 0 aliphatic rings. The van der Waals surface area contributed by atoms with E-state index in [0.29, 0.717) is 6.07 Å². The molecule has 98 valence electrons. The third-order valence-corrected chi connectivity index (χ3v) is 3.18. The van der Waals surface area contributed by atoms with Gasteiger partial charge in [0.2, 0.25) is 0 Å². The minimum atomic E-state index is -1.50. The van der Waals surface area contributed by atoms with Crippen molar-refractivity contribution in [3.05, 3.63) is 33.6 Å². The standard InChI is InChI=1S/C10H10FNO5S/c1-5(4-13)18-9-2-6(10(14)15)8(12(16)17)3-7(9)11/h2-3,5,13H,4H2,1H3,(H,14,15). The number of benzene rings is 1. The number of carboxylic acid groups (broad SMARTS) is 1. The van der Waals surface area contributed by atoms with Gasteiger partial charge >= 0.3 is 5.97 Å². The van der Waals surface area contributed by atoms with Crippen molar-refractivity contribution in [1.29, 1.82) is 0 Å². The van der Waals surface area contributed by atoms with Gasteiger partial charge in [0.25, 0.3) is 5.69 Å². The van der Waals surface area contributed by atoms with E-state index in [9.17, 15) is 19.3 Å². The van der Waals surface area contributed by atoms with E-state index in [4.69, 9.17) is 10.2 Å². The van der Waals surface area contributed by atoms with Gasteiger partial charge in [-0.05, 0) is 6.07 Å². The van der Waals surface area contributed by atoms with E-state index in [0.717, 1.165) is 17.8 Å². The Bertz CT molecular complexity index is 493. The molecule has 0 fully saturated rings. The molecule has 1 aromatic carbocycles. The summed E-state index contributed by atoms with van der Waals surface area (Å²) in [7, 11) is 0. The first-order valence-corrected chi connectivity index (χ1v) is 5.73. The van der Waals surface area contributed by atoms with Crippen LogP contribution in [0.5, 0.6) is 0 Å². The Morgan fingerprint density at radius 1 is 1.61 bits per heavy atom. The summed E-state index contributed by atoms with van der Waals surface area (Å²) < 4.78 is 13.6. The number of nitro benzene ring substituents is 1. The summed E-state index contributed by atoms with van der Waals surface area (Å²) in [4.78, 5) is 20.5. The summed E-state index contributed by atoms with van der Waals surface area (Å²) in [5.74, 6) is -2.38. The van der Waals surface area contributed by atoms with Crippen molar-refractivity contribution in [1.82, 2.24) is 0 Å². The number of halogens is 1. The number of nitro groups is 1. The van der Waals surface area contributed by atoms with Gasteiger partial charge in [0.15, 0.2) is 0 Å². The second kappa shape index (κ2) is 5.78. The van der Waals surface area contributed by atoms with Crippen LogP contribution >= 0.6 is 11.8 Å². The third-order valence-electron chi connectivity index (χ3n) is 2.06. The monoisotopic (exact) mass is 275 g/mol. The van der Waals surface area contributed by atoms with E-state index in [-0.39, 0.29) is 16.8 Å². The number of carbonyl (C=O) groups is 1. The van der Waals surface area contributed by atoms with Gasteiger partial charge in [0, 0.05) is 10.1 Å². The lowest BCUT2D eigenvalue weighted by Gasteiger charge is -2.09. The molecule has 1 unspecified atom stereocenters. The highest BCUT2D eigenvalue weighted by molar-refractivity contribution is 8.00. The number of thioether (sulfide) groups is 1. The fraction of sp³-hybridized carbons (Fsp3) is 0.300. The predicted octanol–water partition coefficient (Wildman–Crippen LogP) is 1.91. The Labute approximate surface area is 106 Å². The van der Waals surface area contributed by atoms with Crippen molar-refractivity contribution < 1.29 is 24.3 Å². The van der Waals surface area contributed by atoms with Gasteiger partial charge in [-0.25, -0.2) is 9.18 Å². The van der Waals surface area contributed by atoms with Gasteiger partial charge in [-0.2, -0.15) is 0 Å². The summed E-state index contributed by atoms with van der Waals surface area (Å²) in [5.41, 5.74) is -1.37. The molecule has 18 heavy (non-hydrogen) atoms. The summed E-state index contributed by atoms with van der Waals surface area (Å²) in [6.45, 7) is 1.40. The largest absolute Gasteiger partial charge is 0.477 e. The highest BCUT2D eigenvalue weighted by Crippen LogP contribution is 2.31. The molecule has 2 N–H and O–H groups in total. The van der Waals surface area contributed by atoms with Crippen molar-refractivity contribution in [2.24, 2.45) is 0 Å². The van der Waals surface area contributed by atoms with Crippen LogP contribution in [-0.4, -0.2) is 33.0 Å². The molecule has 0 saturated carbocycles. The van der Waals surface area contributed by atoms with Crippen LogP contribution in [0, 0.1) is 15.9 Å². The van der Waals surface area contributed by atoms with Crippen LogP contribution in [-0.2, 0) is 0 Å². The van der Waals surface area contributed by atoms with Crippen LogP contribution in [0.1, 0.15) is 17.3 Å². The minimum absolute atomic E-state index is 0.0421. The van der Waals surface area contributed by atoms with Gasteiger partial charge in [-0.3, -0.25) is 10.1 Å². The van der Waals surface area contributed by atoms with E-state index >= 15 is 0 Å². The molecule has 8 heteroatoms. The first-order valence-electron chi connectivity index (χ1n) is 4.85. The van der Waals surface area contributed by atoms with Crippen LogP contribution in [0.4, 0.5) is 10.1 Å². The Kier molecular flexibility index (Phi) is 4.62. The average molecular weight is 275 g/mol. The SMILES string of the molecule is CC(CO)Sc1cc(C(=O)O)c([N+](=O)[O-])cc1F. The fourth-order valence-electron chi connectivity index (χ4n) is 1.21. The Balaban J connectivity index is 3.27. The van der Waals surface area contributed by atoms with Crippen LogP contribution in [0.3, 0.4) is 0 Å². The molecule has 1 aromatic rings. The van der Waals surface area contributed by atoms with Crippen LogP contribution in [0.25, 0.3) is 0 Å². The summed E-state index contributed by atoms with van der Waals surface area (Å²) in [6.07, 6.45) is 0. The van der Waals surface area contributed by atoms with E-state index in [1.807, 2.05) is 0 Å². The molecular formula is C10H10FNO5S. The Morgan fingerprint density at radius 3 is 2.67 bits per heavy atom. The first-order chi connectivity index (χ1) is 8.36. The summed E-state index contributed by atoms with van der Waals surface area (Å²) in [6, 6.07) is 1.49. The van der Waals surface area contributed by atoms with Gasteiger partial charge in [-0.15, -0.1) is 11.8 Å². The number of hydrogen-bond acceptors (Lipinski definition) is 5. The van der Waals surface area contributed by atoms with Gasteiger partial charge in [-0.1, -0.05) is 6.92 Å². The molecule has 0 heterocycles. The summed E-state index contributed by atoms with van der Waals surface area (Å²) >= 11 is 0.911. The predicted molar refractivity (Wildman–Crippen MR) is 62.4 cm³/mol. The number of aliphatic hydroxyl groups excluding tert-OH is 1. The molecule has 0 aliphatic carbocycles. The normalized spacial score (nSPS) is 12.2. The van der Waals surface area contributed by atoms with Crippen LogP contribution in [0.15, 0.2) is 17.0 Å². The van der Waals surface area contributed by atoms with E-state index in [2.05, 4.69) is 0 Å². The molecule has 0 bridgehead atoms. The number of hydrogen-bond donors (Lipinski definition) is 2.